The second kappa shape index (κ2) is 10.8. The SMILES string of the molecule is CC(C)c1ccc(-c2ncc(F)c(N(C)CCCOc3ccc4c(c3)CC[C@H]4CC(=O)O)n2)cc1. The van der Waals surface area contributed by atoms with Crippen LogP contribution in [-0.2, 0) is 11.2 Å². The van der Waals surface area contributed by atoms with E-state index >= 15 is 0 Å². The maximum Gasteiger partial charge on any atom is 0.303 e. The molecular formula is C28H32FN3O3. The van der Waals surface area contributed by atoms with E-state index in [0.717, 1.165) is 29.7 Å². The Balaban J connectivity index is 1.32. The Hall–Kier alpha value is -3.48. The number of carboxylic acids is 1. The molecule has 0 spiro atoms. The number of hydrogen-bond acceptors (Lipinski definition) is 5. The number of halogens is 1. The van der Waals surface area contributed by atoms with Crippen LogP contribution in [0.25, 0.3) is 11.4 Å². The van der Waals surface area contributed by atoms with Crippen LogP contribution in [0.3, 0.4) is 0 Å². The smallest absolute Gasteiger partial charge is 0.303 e. The van der Waals surface area contributed by atoms with Crippen LogP contribution in [0, 0.1) is 5.82 Å². The molecule has 1 aliphatic rings. The fourth-order valence-corrected chi connectivity index (χ4v) is 4.57. The molecular weight excluding hydrogens is 445 g/mol. The average Bonchev–Trinajstić information content (AvgIpc) is 3.23. The summed E-state index contributed by atoms with van der Waals surface area (Å²) in [6, 6.07) is 14.0. The van der Waals surface area contributed by atoms with Crippen LogP contribution in [0.15, 0.2) is 48.7 Å². The predicted octanol–water partition coefficient (Wildman–Crippen LogP) is 5.82. The normalized spacial score (nSPS) is 14.7. The van der Waals surface area contributed by atoms with Gasteiger partial charge in [-0.3, -0.25) is 4.79 Å². The van der Waals surface area contributed by atoms with Crippen molar-refractivity contribution in [3.63, 3.8) is 0 Å². The second-order valence-corrected chi connectivity index (χ2v) is 9.46. The van der Waals surface area contributed by atoms with Gasteiger partial charge in [0.05, 0.1) is 19.2 Å². The molecule has 0 fully saturated rings. The zero-order chi connectivity index (χ0) is 24.9. The summed E-state index contributed by atoms with van der Waals surface area (Å²) in [7, 11) is 1.81. The minimum Gasteiger partial charge on any atom is -0.494 e. The van der Waals surface area contributed by atoms with E-state index in [1.54, 1.807) is 4.90 Å². The standard InChI is InChI=1S/C28H32FN3O3/c1-18(2)19-5-7-20(8-6-19)27-30-17-25(29)28(31-27)32(3)13-4-14-35-23-11-12-24-21(15-23)9-10-22(24)16-26(33)34/h5-8,11-12,15,17-18,22H,4,9-10,13-14,16H2,1-3H3,(H,33,34)/t22-/m0/s1. The minimum absolute atomic E-state index is 0.0889. The summed E-state index contributed by atoms with van der Waals surface area (Å²) in [5.41, 5.74) is 4.38. The largest absolute Gasteiger partial charge is 0.494 e. The molecule has 1 heterocycles. The number of carbonyl (C=O) groups is 1. The highest BCUT2D eigenvalue weighted by Crippen LogP contribution is 2.37. The number of aliphatic carboxylic acids is 1. The number of aryl methyl sites for hydroxylation is 1. The first kappa shape index (κ1) is 24.6. The Morgan fingerprint density at radius 1 is 1.23 bits per heavy atom. The number of ether oxygens (including phenoxy) is 1. The van der Waals surface area contributed by atoms with Crippen molar-refractivity contribution >= 4 is 11.8 Å². The zero-order valence-electron chi connectivity index (χ0n) is 20.5. The zero-order valence-corrected chi connectivity index (χ0v) is 20.5. The number of rotatable bonds is 10. The van der Waals surface area contributed by atoms with Crippen molar-refractivity contribution in [2.45, 2.75) is 51.4 Å². The number of fused-ring (bicyclic) bond motifs is 1. The van der Waals surface area contributed by atoms with Crippen molar-refractivity contribution in [1.82, 2.24) is 9.97 Å². The summed E-state index contributed by atoms with van der Waals surface area (Å²) in [5.74, 6) is 0.861. The molecule has 0 aliphatic heterocycles. The first-order valence-corrected chi connectivity index (χ1v) is 12.1. The van der Waals surface area contributed by atoms with Crippen LogP contribution in [0.4, 0.5) is 10.2 Å². The van der Waals surface area contributed by atoms with Crippen LogP contribution >= 0.6 is 0 Å². The summed E-state index contributed by atoms with van der Waals surface area (Å²) >= 11 is 0. The Bertz CT molecular complexity index is 1180. The molecule has 6 nitrogen and oxygen atoms in total. The average molecular weight is 478 g/mol. The van der Waals surface area contributed by atoms with E-state index in [0.29, 0.717) is 31.3 Å². The van der Waals surface area contributed by atoms with Crippen LogP contribution in [0.5, 0.6) is 5.75 Å². The first-order valence-electron chi connectivity index (χ1n) is 12.1. The van der Waals surface area contributed by atoms with Gasteiger partial charge in [0.1, 0.15) is 5.75 Å². The molecule has 0 amide bonds. The van der Waals surface area contributed by atoms with Gasteiger partial charge in [-0.1, -0.05) is 44.2 Å². The highest BCUT2D eigenvalue weighted by molar-refractivity contribution is 5.68. The Morgan fingerprint density at radius 3 is 2.71 bits per heavy atom. The predicted molar refractivity (Wildman–Crippen MR) is 135 cm³/mol. The third kappa shape index (κ3) is 5.96. The number of hydrogen-bond donors (Lipinski definition) is 1. The maximum atomic E-state index is 14.5. The monoisotopic (exact) mass is 477 g/mol. The number of carboxylic acid groups (broad SMARTS) is 1. The van der Waals surface area contributed by atoms with E-state index in [9.17, 15) is 9.18 Å². The second-order valence-electron chi connectivity index (χ2n) is 9.46. The van der Waals surface area contributed by atoms with Crippen LogP contribution in [-0.4, -0.2) is 41.2 Å². The van der Waals surface area contributed by atoms with Crippen LogP contribution in [0.1, 0.15) is 61.6 Å². The topological polar surface area (TPSA) is 75.6 Å². The number of benzene rings is 2. The molecule has 4 rings (SSSR count). The highest BCUT2D eigenvalue weighted by atomic mass is 19.1. The molecule has 0 unspecified atom stereocenters. The molecule has 0 radical (unpaired) electrons. The van der Waals surface area contributed by atoms with E-state index in [1.165, 1.54) is 17.3 Å². The first-order chi connectivity index (χ1) is 16.8. The lowest BCUT2D eigenvalue weighted by Crippen LogP contribution is -2.23. The van der Waals surface area contributed by atoms with Gasteiger partial charge in [-0.2, -0.15) is 0 Å². The Labute approximate surface area is 205 Å². The van der Waals surface area contributed by atoms with Gasteiger partial charge < -0.3 is 14.7 Å². The molecule has 7 heteroatoms. The van der Waals surface area contributed by atoms with Crippen molar-refractivity contribution in [2.24, 2.45) is 0 Å². The number of nitrogens with zero attached hydrogens (tertiary/aromatic N) is 3. The number of anilines is 1. The fourth-order valence-electron chi connectivity index (χ4n) is 4.57. The number of aromatic nitrogens is 2. The molecule has 3 aromatic rings. The molecule has 184 valence electrons. The molecule has 1 atom stereocenters. The van der Waals surface area contributed by atoms with Gasteiger partial charge in [-0.05, 0) is 59.9 Å². The molecule has 1 N–H and O–H groups in total. The lowest BCUT2D eigenvalue weighted by Gasteiger charge is -2.19. The Morgan fingerprint density at radius 2 is 2.00 bits per heavy atom. The van der Waals surface area contributed by atoms with Crippen molar-refractivity contribution in [3.05, 3.63) is 71.2 Å². The molecule has 0 saturated heterocycles. The molecule has 35 heavy (non-hydrogen) atoms. The third-order valence-electron chi connectivity index (χ3n) is 6.57. The fraction of sp³-hybridized carbons (Fsp3) is 0.393. The van der Waals surface area contributed by atoms with Gasteiger partial charge in [0, 0.05) is 19.2 Å². The lowest BCUT2D eigenvalue weighted by molar-refractivity contribution is -0.137. The van der Waals surface area contributed by atoms with Crippen molar-refractivity contribution < 1.29 is 19.0 Å². The molecule has 1 aliphatic carbocycles. The van der Waals surface area contributed by atoms with E-state index < -0.39 is 11.8 Å². The molecule has 1 aromatic heterocycles. The molecule has 0 bridgehead atoms. The van der Waals surface area contributed by atoms with Gasteiger partial charge in [-0.15, -0.1) is 0 Å². The van der Waals surface area contributed by atoms with Gasteiger partial charge in [0.2, 0.25) is 0 Å². The summed E-state index contributed by atoms with van der Waals surface area (Å²) in [4.78, 5) is 21.5. The van der Waals surface area contributed by atoms with Crippen molar-refractivity contribution in [1.29, 1.82) is 0 Å². The molecule has 2 aromatic carbocycles. The lowest BCUT2D eigenvalue weighted by atomic mass is 9.98. The van der Waals surface area contributed by atoms with E-state index in [1.807, 2.05) is 37.4 Å². The quantitative estimate of drug-likeness (QED) is 0.371. The van der Waals surface area contributed by atoms with Gasteiger partial charge in [-0.25, -0.2) is 14.4 Å². The Kier molecular flexibility index (Phi) is 7.63. The highest BCUT2D eigenvalue weighted by Gasteiger charge is 2.25. The van der Waals surface area contributed by atoms with Gasteiger partial charge >= 0.3 is 5.97 Å². The van der Waals surface area contributed by atoms with E-state index in [2.05, 4.69) is 35.9 Å². The van der Waals surface area contributed by atoms with Gasteiger partial charge in [0.15, 0.2) is 17.5 Å². The summed E-state index contributed by atoms with van der Waals surface area (Å²) < 4.78 is 20.4. The van der Waals surface area contributed by atoms with Crippen molar-refractivity contribution in [2.75, 3.05) is 25.1 Å². The van der Waals surface area contributed by atoms with E-state index in [4.69, 9.17) is 9.84 Å². The summed E-state index contributed by atoms with van der Waals surface area (Å²) in [6.07, 6.45) is 3.83. The van der Waals surface area contributed by atoms with E-state index in [-0.39, 0.29) is 18.2 Å². The van der Waals surface area contributed by atoms with Crippen LogP contribution < -0.4 is 9.64 Å². The summed E-state index contributed by atoms with van der Waals surface area (Å²) in [6.45, 7) is 5.34. The van der Waals surface area contributed by atoms with Crippen molar-refractivity contribution in [3.8, 4) is 17.1 Å². The third-order valence-corrected chi connectivity index (χ3v) is 6.57. The minimum atomic E-state index is -0.761. The van der Waals surface area contributed by atoms with Crippen LogP contribution in [0.2, 0.25) is 0 Å². The summed E-state index contributed by atoms with van der Waals surface area (Å²) in [5, 5.41) is 9.08. The van der Waals surface area contributed by atoms with Gasteiger partial charge in [0.25, 0.3) is 0 Å². The molecule has 0 saturated carbocycles. The maximum absolute atomic E-state index is 14.5.